The third kappa shape index (κ3) is 1.90. The number of aliphatic hydroxyl groups is 1. The van der Waals surface area contributed by atoms with Crippen molar-refractivity contribution in [3.63, 3.8) is 0 Å². The first kappa shape index (κ1) is 12.4. The Kier molecular flexibility index (Phi) is 2.49. The smallest absolute Gasteiger partial charge is 0.151 e. The largest absolute Gasteiger partial charge is 0.389 e. The van der Waals surface area contributed by atoms with Crippen LogP contribution in [0.25, 0.3) is 0 Å². The molecule has 0 bridgehead atoms. The van der Waals surface area contributed by atoms with Crippen molar-refractivity contribution in [3.05, 3.63) is 0 Å². The summed E-state index contributed by atoms with van der Waals surface area (Å²) in [5.74, 6) is 0.695. The van der Waals surface area contributed by atoms with Gasteiger partial charge in [-0.15, -0.1) is 0 Å². The van der Waals surface area contributed by atoms with E-state index < -0.39 is 15.4 Å². The molecule has 0 aromatic carbocycles. The molecule has 4 heteroatoms. The highest BCUT2D eigenvalue weighted by atomic mass is 32.2. The minimum Gasteiger partial charge on any atom is -0.389 e. The molecule has 1 spiro atoms. The lowest BCUT2D eigenvalue weighted by Gasteiger charge is -2.52. The molecule has 0 amide bonds. The first-order valence-electron chi connectivity index (χ1n) is 6.01. The molecule has 1 saturated heterocycles. The Morgan fingerprint density at radius 3 is 1.75 bits per heavy atom. The molecule has 0 radical (unpaired) electrons. The van der Waals surface area contributed by atoms with Crippen molar-refractivity contribution in [2.75, 3.05) is 11.5 Å². The Morgan fingerprint density at radius 1 is 1.00 bits per heavy atom. The van der Waals surface area contributed by atoms with E-state index in [2.05, 4.69) is 20.8 Å². The first-order chi connectivity index (χ1) is 7.08. The molecular formula is C12H22O3S. The molecule has 1 heterocycles. The van der Waals surface area contributed by atoms with Crippen LogP contribution in [0.4, 0.5) is 0 Å². The van der Waals surface area contributed by atoms with Crippen LogP contribution in [0.1, 0.15) is 46.5 Å². The normalized spacial score (nSPS) is 31.0. The fourth-order valence-electron chi connectivity index (χ4n) is 3.12. The second-order valence-electron chi connectivity index (χ2n) is 6.81. The van der Waals surface area contributed by atoms with Crippen LogP contribution in [0.15, 0.2) is 0 Å². The summed E-state index contributed by atoms with van der Waals surface area (Å²) in [6.07, 6.45) is 3.21. The van der Waals surface area contributed by atoms with Crippen LogP contribution in [0.3, 0.4) is 0 Å². The predicted octanol–water partition coefficient (Wildman–Crippen LogP) is 1.75. The van der Waals surface area contributed by atoms with Gasteiger partial charge in [-0.2, -0.15) is 0 Å². The number of hydrogen-bond acceptors (Lipinski definition) is 3. The molecule has 3 nitrogen and oxygen atoms in total. The van der Waals surface area contributed by atoms with Crippen molar-refractivity contribution in [1.29, 1.82) is 0 Å². The molecule has 1 aliphatic heterocycles. The molecular weight excluding hydrogens is 224 g/mol. The summed E-state index contributed by atoms with van der Waals surface area (Å²) in [6, 6.07) is 0. The third-order valence-electron chi connectivity index (χ3n) is 4.59. The summed E-state index contributed by atoms with van der Waals surface area (Å²) < 4.78 is 22.5. The van der Waals surface area contributed by atoms with Crippen molar-refractivity contribution in [1.82, 2.24) is 0 Å². The van der Waals surface area contributed by atoms with Crippen molar-refractivity contribution in [3.8, 4) is 0 Å². The number of rotatable bonds is 0. The molecule has 0 atom stereocenters. The standard InChI is InChI=1S/C12H22O3S/c1-10(2,3)12(13)6-4-11(5-7-12)8-16(14,15)9-11/h13H,4-9H2,1-3H3. The van der Waals surface area contributed by atoms with Gasteiger partial charge >= 0.3 is 0 Å². The van der Waals surface area contributed by atoms with E-state index in [9.17, 15) is 13.5 Å². The van der Waals surface area contributed by atoms with Gasteiger partial charge in [-0.05, 0) is 36.5 Å². The fourth-order valence-corrected chi connectivity index (χ4v) is 5.48. The van der Waals surface area contributed by atoms with Gasteiger partial charge in [0, 0.05) is 0 Å². The first-order valence-corrected chi connectivity index (χ1v) is 7.83. The molecule has 0 aromatic heterocycles. The van der Waals surface area contributed by atoms with Crippen LogP contribution in [0.5, 0.6) is 0 Å². The molecule has 1 saturated carbocycles. The molecule has 1 aliphatic carbocycles. The fraction of sp³-hybridized carbons (Fsp3) is 1.00. The van der Waals surface area contributed by atoms with Gasteiger partial charge in [-0.3, -0.25) is 0 Å². The maximum Gasteiger partial charge on any atom is 0.151 e. The van der Waals surface area contributed by atoms with E-state index >= 15 is 0 Å². The number of sulfone groups is 1. The topological polar surface area (TPSA) is 54.4 Å². The molecule has 0 aromatic rings. The zero-order valence-electron chi connectivity index (χ0n) is 10.4. The Hall–Kier alpha value is -0.0900. The van der Waals surface area contributed by atoms with Gasteiger partial charge in [-0.25, -0.2) is 8.42 Å². The molecule has 2 rings (SSSR count). The van der Waals surface area contributed by atoms with Gasteiger partial charge < -0.3 is 5.11 Å². The van der Waals surface area contributed by atoms with Gasteiger partial charge in [0.2, 0.25) is 0 Å². The third-order valence-corrected chi connectivity index (χ3v) is 6.69. The second kappa shape index (κ2) is 3.22. The van der Waals surface area contributed by atoms with Crippen molar-refractivity contribution >= 4 is 9.84 Å². The zero-order valence-corrected chi connectivity index (χ0v) is 11.2. The number of hydrogen-bond donors (Lipinski definition) is 1. The molecule has 0 unspecified atom stereocenters. The average molecular weight is 246 g/mol. The van der Waals surface area contributed by atoms with Gasteiger partial charge in [0.1, 0.15) is 0 Å². The van der Waals surface area contributed by atoms with E-state index in [1.165, 1.54) is 0 Å². The molecule has 2 aliphatic rings. The van der Waals surface area contributed by atoms with Crippen LogP contribution in [0, 0.1) is 10.8 Å². The van der Waals surface area contributed by atoms with E-state index in [1.807, 2.05) is 0 Å². The maximum absolute atomic E-state index is 11.3. The SMILES string of the molecule is CC(C)(C)C1(O)CCC2(CC1)CS(=O)(=O)C2. The summed E-state index contributed by atoms with van der Waals surface area (Å²) in [5, 5.41) is 10.5. The summed E-state index contributed by atoms with van der Waals surface area (Å²) in [5.41, 5.74) is -0.717. The Labute approximate surface area is 98.2 Å². The van der Waals surface area contributed by atoms with Crippen LogP contribution in [0.2, 0.25) is 0 Å². The van der Waals surface area contributed by atoms with E-state index in [-0.39, 0.29) is 10.8 Å². The highest BCUT2D eigenvalue weighted by Gasteiger charge is 2.54. The Balaban J connectivity index is 2.04. The zero-order chi connectivity index (χ0) is 12.2. The minimum atomic E-state index is -2.74. The van der Waals surface area contributed by atoms with Gasteiger partial charge in [0.25, 0.3) is 0 Å². The molecule has 94 valence electrons. The van der Waals surface area contributed by atoms with Crippen molar-refractivity contribution in [2.24, 2.45) is 10.8 Å². The van der Waals surface area contributed by atoms with Crippen LogP contribution < -0.4 is 0 Å². The molecule has 16 heavy (non-hydrogen) atoms. The average Bonchev–Trinajstić information content (AvgIpc) is 2.05. The molecule has 2 fully saturated rings. The van der Waals surface area contributed by atoms with Crippen LogP contribution in [-0.2, 0) is 9.84 Å². The van der Waals surface area contributed by atoms with Crippen molar-refractivity contribution < 1.29 is 13.5 Å². The van der Waals surface area contributed by atoms with E-state index in [1.54, 1.807) is 0 Å². The van der Waals surface area contributed by atoms with Gasteiger partial charge in [0.05, 0.1) is 17.1 Å². The summed E-state index contributed by atoms with van der Waals surface area (Å²) in [4.78, 5) is 0. The Morgan fingerprint density at radius 2 is 1.44 bits per heavy atom. The quantitative estimate of drug-likeness (QED) is 0.708. The summed E-state index contributed by atoms with van der Waals surface area (Å²) in [6.45, 7) is 6.17. The van der Waals surface area contributed by atoms with Crippen molar-refractivity contribution in [2.45, 2.75) is 52.1 Å². The minimum absolute atomic E-state index is 0.0102. The van der Waals surface area contributed by atoms with E-state index in [0.717, 1.165) is 25.7 Å². The lowest BCUT2D eigenvalue weighted by atomic mass is 9.62. The monoisotopic (exact) mass is 246 g/mol. The summed E-state index contributed by atoms with van der Waals surface area (Å²) >= 11 is 0. The van der Waals surface area contributed by atoms with Crippen LogP contribution in [-0.4, -0.2) is 30.6 Å². The highest BCUT2D eigenvalue weighted by molar-refractivity contribution is 7.92. The van der Waals surface area contributed by atoms with Crippen LogP contribution >= 0.6 is 0 Å². The lowest BCUT2D eigenvalue weighted by Crippen LogP contribution is -2.56. The highest BCUT2D eigenvalue weighted by Crippen LogP contribution is 2.52. The van der Waals surface area contributed by atoms with E-state index in [4.69, 9.17) is 0 Å². The lowest BCUT2D eigenvalue weighted by molar-refractivity contribution is -0.104. The Bertz CT molecular complexity index is 367. The second-order valence-corrected chi connectivity index (χ2v) is 8.88. The van der Waals surface area contributed by atoms with Gasteiger partial charge in [-0.1, -0.05) is 20.8 Å². The van der Waals surface area contributed by atoms with Gasteiger partial charge in [0.15, 0.2) is 9.84 Å². The molecule has 1 N–H and O–H groups in total. The van der Waals surface area contributed by atoms with E-state index in [0.29, 0.717) is 11.5 Å². The summed E-state index contributed by atoms with van der Waals surface area (Å²) in [7, 11) is -2.74. The maximum atomic E-state index is 11.3. The predicted molar refractivity (Wildman–Crippen MR) is 64.0 cm³/mol.